The van der Waals surface area contributed by atoms with E-state index in [1.807, 2.05) is 24.3 Å². The highest BCUT2D eigenvalue weighted by atomic mass is 32.1. The summed E-state index contributed by atoms with van der Waals surface area (Å²) in [7, 11) is 0. The van der Waals surface area contributed by atoms with E-state index in [1.165, 1.54) is 12.1 Å². The van der Waals surface area contributed by atoms with Crippen molar-refractivity contribution >= 4 is 18.3 Å². The molecule has 0 spiro atoms. The number of benzene rings is 2. The SMILES string of the molecule is Nc1ccc(F)cc1-c1ccccc1S. The minimum atomic E-state index is -0.296. The topological polar surface area (TPSA) is 26.0 Å². The number of halogens is 1. The van der Waals surface area contributed by atoms with Crippen molar-refractivity contribution in [2.45, 2.75) is 4.90 Å². The van der Waals surface area contributed by atoms with Gasteiger partial charge in [-0.25, -0.2) is 4.39 Å². The fourth-order valence-corrected chi connectivity index (χ4v) is 1.74. The third kappa shape index (κ3) is 1.97. The van der Waals surface area contributed by atoms with Gasteiger partial charge in [0, 0.05) is 16.1 Å². The summed E-state index contributed by atoms with van der Waals surface area (Å²) < 4.78 is 13.1. The Morgan fingerprint density at radius 1 is 1.00 bits per heavy atom. The highest BCUT2D eigenvalue weighted by Crippen LogP contribution is 2.31. The lowest BCUT2D eigenvalue weighted by molar-refractivity contribution is 0.628. The van der Waals surface area contributed by atoms with Crippen molar-refractivity contribution in [3.05, 3.63) is 48.3 Å². The lowest BCUT2D eigenvalue weighted by atomic mass is 10.0. The zero-order chi connectivity index (χ0) is 10.8. The summed E-state index contributed by atoms with van der Waals surface area (Å²) in [5.74, 6) is -0.296. The monoisotopic (exact) mass is 219 g/mol. The smallest absolute Gasteiger partial charge is 0.123 e. The van der Waals surface area contributed by atoms with Crippen LogP contribution in [-0.2, 0) is 0 Å². The van der Waals surface area contributed by atoms with Crippen LogP contribution in [-0.4, -0.2) is 0 Å². The number of rotatable bonds is 1. The predicted octanol–water partition coefficient (Wildman–Crippen LogP) is 3.36. The Morgan fingerprint density at radius 2 is 1.73 bits per heavy atom. The van der Waals surface area contributed by atoms with Crippen LogP contribution in [0.1, 0.15) is 0 Å². The van der Waals surface area contributed by atoms with Gasteiger partial charge in [-0.15, -0.1) is 12.6 Å². The molecule has 0 saturated heterocycles. The van der Waals surface area contributed by atoms with E-state index in [4.69, 9.17) is 5.73 Å². The summed E-state index contributed by atoms with van der Waals surface area (Å²) in [6.07, 6.45) is 0. The standard InChI is InChI=1S/C12H10FNS/c13-8-5-6-11(14)10(7-8)9-3-1-2-4-12(9)15/h1-7,15H,14H2. The molecule has 0 atom stereocenters. The number of anilines is 1. The van der Waals surface area contributed by atoms with E-state index in [0.717, 1.165) is 10.5 Å². The van der Waals surface area contributed by atoms with Gasteiger partial charge in [0.25, 0.3) is 0 Å². The van der Waals surface area contributed by atoms with Crippen LogP contribution in [0, 0.1) is 5.82 Å². The molecule has 76 valence electrons. The number of thiol groups is 1. The molecule has 0 heterocycles. The summed E-state index contributed by atoms with van der Waals surface area (Å²) in [5, 5.41) is 0. The van der Waals surface area contributed by atoms with Gasteiger partial charge in [-0.2, -0.15) is 0 Å². The molecule has 1 nitrogen and oxygen atoms in total. The molecule has 0 aromatic heterocycles. The van der Waals surface area contributed by atoms with E-state index < -0.39 is 0 Å². The Hall–Kier alpha value is -1.48. The van der Waals surface area contributed by atoms with Crippen molar-refractivity contribution in [2.75, 3.05) is 5.73 Å². The Kier molecular flexibility index (Phi) is 2.64. The normalized spacial score (nSPS) is 10.3. The van der Waals surface area contributed by atoms with Gasteiger partial charge in [0.05, 0.1) is 0 Å². The van der Waals surface area contributed by atoms with Gasteiger partial charge < -0.3 is 5.73 Å². The molecular weight excluding hydrogens is 209 g/mol. The molecule has 2 aromatic rings. The highest BCUT2D eigenvalue weighted by molar-refractivity contribution is 7.80. The Morgan fingerprint density at radius 3 is 2.47 bits per heavy atom. The molecule has 0 aliphatic heterocycles. The van der Waals surface area contributed by atoms with Crippen molar-refractivity contribution in [3.8, 4) is 11.1 Å². The molecule has 0 amide bonds. The number of hydrogen-bond donors (Lipinski definition) is 2. The molecule has 0 aliphatic carbocycles. The average molecular weight is 219 g/mol. The maximum Gasteiger partial charge on any atom is 0.123 e. The fourth-order valence-electron chi connectivity index (χ4n) is 1.46. The van der Waals surface area contributed by atoms with Crippen LogP contribution >= 0.6 is 12.6 Å². The number of nitrogen functional groups attached to an aromatic ring is 1. The lowest BCUT2D eigenvalue weighted by Gasteiger charge is -2.08. The lowest BCUT2D eigenvalue weighted by Crippen LogP contribution is -1.91. The molecule has 2 N–H and O–H groups in total. The van der Waals surface area contributed by atoms with Crippen LogP contribution in [0.5, 0.6) is 0 Å². The molecule has 15 heavy (non-hydrogen) atoms. The first-order chi connectivity index (χ1) is 7.18. The van der Waals surface area contributed by atoms with Crippen molar-refractivity contribution in [1.29, 1.82) is 0 Å². The third-order valence-electron chi connectivity index (χ3n) is 2.21. The van der Waals surface area contributed by atoms with Gasteiger partial charge in [-0.1, -0.05) is 18.2 Å². The van der Waals surface area contributed by atoms with E-state index in [9.17, 15) is 4.39 Å². The van der Waals surface area contributed by atoms with Crippen molar-refractivity contribution in [3.63, 3.8) is 0 Å². The molecule has 0 aliphatic rings. The average Bonchev–Trinajstić information content (AvgIpc) is 2.23. The van der Waals surface area contributed by atoms with E-state index in [2.05, 4.69) is 12.6 Å². The van der Waals surface area contributed by atoms with E-state index in [1.54, 1.807) is 6.07 Å². The van der Waals surface area contributed by atoms with Crippen LogP contribution in [0.25, 0.3) is 11.1 Å². The van der Waals surface area contributed by atoms with Crippen LogP contribution in [0.4, 0.5) is 10.1 Å². The quantitative estimate of drug-likeness (QED) is 0.558. The zero-order valence-corrected chi connectivity index (χ0v) is 8.84. The largest absolute Gasteiger partial charge is 0.398 e. The van der Waals surface area contributed by atoms with Gasteiger partial charge in [-0.3, -0.25) is 0 Å². The van der Waals surface area contributed by atoms with Crippen molar-refractivity contribution in [2.24, 2.45) is 0 Å². The second-order valence-corrected chi connectivity index (χ2v) is 3.73. The minimum Gasteiger partial charge on any atom is -0.398 e. The van der Waals surface area contributed by atoms with Crippen LogP contribution in [0.15, 0.2) is 47.4 Å². The van der Waals surface area contributed by atoms with Crippen LogP contribution in [0.3, 0.4) is 0 Å². The van der Waals surface area contributed by atoms with Gasteiger partial charge in [0.2, 0.25) is 0 Å². The van der Waals surface area contributed by atoms with Gasteiger partial charge >= 0.3 is 0 Å². The summed E-state index contributed by atoms with van der Waals surface area (Å²) >= 11 is 4.31. The maximum absolute atomic E-state index is 13.1. The molecular formula is C12H10FNS. The van der Waals surface area contributed by atoms with Gasteiger partial charge in [0.15, 0.2) is 0 Å². The molecule has 2 rings (SSSR count). The highest BCUT2D eigenvalue weighted by Gasteiger charge is 2.06. The molecule has 3 heteroatoms. The van der Waals surface area contributed by atoms with Crippen molar-refractivity contribution in [1.82, 2.24) is 0 Å². The number of nitrogens with two attached hydrogens (primary N) is 1. The first-order valence-electron chi connectivity index (χ1n) is 4.52. The third-order valence-corrected chi connectivity index (χ3v) is 2.60. The Labute approximate surface area is 93.1 Å². The van der Waals surface area contributed by atoms with Crippen LogP contribution < -0.4 is 5.73 Å². The fraction of sp³-hybridized carbons (Fsp3) is 0. The zero-order valence-electron chi connectivity index (χ0n) is 7.94. The van der Waals surface area contributed by atoms with Crippen LogP contribution in [0.2, 0.25) is 0 Å². The molecule has 0 fully saturated rings. The molecule has 0 bridgehead atoms. The molecule has 0 radical (unpaired) electrons. The van der Waals surface area contributed by atoms with E-state index >= 15 is 0 Å². The maximum atomic E-state index is 13.1. The second kappa shape index (κ2) is 3.95. The Bertz CT molecular complexity index is 497. The van der Waals surface area contributed by atoms with E-state index in [-0.39, 0.29) is 5.82 Å². The second-order valence-electron chi connectivity index (χ2n) is 3.25. The summed E-state index contributed by atoms with van der Waals surface area (Å²) in [5.41, 5.74) is 7.87. The van der Waals surface area contributed by atoms with Gasteiger partial charge in [0.1, 0.15) is 5.82 Å². The molecule has 0 saturated carbocycles. The molecule has 2 aromatic carbocycles. The Balaban J connectivity index is 2.64. The number of hydrogen-bond acceptors (Lipinski definition) is 2. The first kappa shape index (κ1) is 10.1. The summed E-state index contributed by atoms with van der Waals surface area (Å²) in [6, 6.07) is 11.8. The minimum absolute atomic E-state index is 0.296. The predicted molar refractivity (Wildman–Crippen MR) is 63.5 cm³/mol. The molecule has 0 unspecified atom stereocenters. The summed E-state index contributed by atoms with van der Waals surface area (Å²) in [4.78, 5) is 0.787. The van der Waals surface area contributed by atoms with Gasteiger partial charge in [-0.05, 0) is 29.8 Å². The first-order valence-corrected chi connectivity index (χ1v) is 4.96. The summed E-state index contributed by atoms with van der Waals surface area (Å²) in [6.45, 7) is 0. The van der Waals surface area contributed by atoms with E-state index in [0.29, 0.717) is 11.3 Å². The van der Waals surface area contributed by atoms with Crippen molar-refractivity contribution < 1.29 is 4.39 Å².